The maximum absolute atomic E-state index is 11.6. The number of ether oxygens (including phenoxy) is 1. The molecule has 0 bridgehead atoms. The summed E-state index contributed by atoms with van der Waals surface area (Å²) in [6, 6.07) is 0. The summed E-state index contributed by atoms with van der Waals surface area (Å²) in [6.07, 6.45) is 14.2. The highest BCUT2D eigenvalue weighted by Gasteiger charge is 2.21. The predicted molar refractivity (Wildman–Crippen MR) is 85.7 cm³/mol. The number of carbonyl (C=O) groups excluding carboxylic acids is 1. The van der Waals surface area contributed by atoms with Gasteiger partial charge in [0, 0.05) is 6.42 Å². The van der Waals surface area contributed by atoms with E-state index in [9.17, 15) is 4.79 Å². The highest BCUT2D eigenvalue weighted by atomic mass is 35.5. The average molecular weight is 334 g/mol. The Morgan fingerprint density at radius 2 is 1.68 bits per heavy atom. The van der Waals surface area contributed by atoms with Gasteiger partial charge in [-0.05, 0) is 6.42 Å². The number of hydrogen-bond acceptors (Lipinski definition) is 2. The summed E-state index contributed by atoms with van der Waals surface area (Å²) < 4.78 is 7.45. The molecule has 0 aliphatic carbocycles. The van der Waals surface area contributed by atoms with Crippen LogP contribution in [0.2, 0.25) is 0 Å². The molecule has 0 aromatic heterocycles. The van der Waals surface area contributed by atoms with Crippen LogP contribution in [0.1, 0.15) is 71.1 Å². The predicted octanol–water partition coefficient (Wildman–Crippen LogP) is -1.02. The standard InChI is InChI=1S/C17H33N2O2.ClH/c1-3-4-5-6-7-8-9-10-11-12-17(20)21-16-19-14-13-18(2)15-19;/h15H,3-14,16H2,1-2H3;1H/q+1;. The molecule has 4 nitrogen and oxygen atoms in total. The number of quaternary nitrogens is 1. The fourth-order valence-corrected chi connectivity index (χ4v) is 2.70. The number of rotatable bonds is 12. The lowest BCUT2D eigenvalue weighted by Gasteiger charge is -2.06. The van der Waals surface area contributed by atoms with E-state index >= 15 is 0 Å². The van der Waals surface area contributed by atoms with Crippen molar-refractivity contribution in [3.8, 4) is 0 Å². The molecule has 0 fully saturated rings. The van der Waals surface area contributed by atoms with Crippen molar-refractivity contribution in [3.05, 3.63) is 0 Å². The van der Waals surface area contributed by atoms with Gasteiger partial charge in [-0.15, -0.1) is 0 Å². The van der Waals surface area contributed by atoms with Crippen molar-refractivity contribution < 1.29 is 31.4 Å². The van der Waals surface area contributed by atoms with Crippen molar-refractivity contribution in [1.29, 1.82) is 0 Å². The van der Waals surface area contributed by atoms with E-state index in [0.29, 0.717) is 13.2 Å². The van der Waals surface area contributed by atoms with E-state index in [1.807, 2.05) is 0 Å². The first-order chi connectivity index (χ1) is 10.2. The van der Waals surface area contributed by atoms with Crippen molar-refractivity contribution >= 4 is 12.3 Å². The van der Waals surface area contributed by atoms with Crippen LogP contribution in [-0.2, 0) is 9.53 Å². The molecule has 0 saturated carbocycles. The van der Waals surface area contributed by atoms with Crippen LogP contribution in [0.15, 0.2) is 0 Å². The molecule has 0 saturated heterocycles. The van der Waals surface area contributed by atoms with Crippen LogP contribution >= 0.6 is 0 Å². The molecule has 0 amide bonds. The second kappa shape index (κ2) is 14.0. The lowest BCUT2D eigenvalue weighted by atomic mass is 10.1. The lowest BCUT2D eigenvalue weighted by Crippen LogP contribution is -3.10. The molecular weight excluding hydrogens is 300 g/mol. The number of nitrogens with one attached hydrogen (secondary N) is 1. The average Bonchev–Trinajstić information content (AvgIpc) is 2.89. The third kappa shape index (κ3) is 11.0. The maximum atomic E-state index is 11.6. The first kappa shape index (κ1) is 21.4. The monoisotopic (exact) mass is 333 g/mol. The van der Waals surface area contributed by atoms with Gasteiger partial charge in [0.05, 0.1) is 0 Å². The summed E-state index contributed by atoms with van der Waals surface area (Å²) in [5, 5.41) is 0. The number of unbranched alkanes of at least 4 members (excludes halogenated alkanes) is 8. The summed E-state index contributed by atoms with van der Waals surface area (Å²) in [7, 11) is 2.05. The van der Waals surface area contributed by atoms with Crippen LogP contribution in [0.4, 0.5) is 0 Å². The second-order valence-electron chi connectivity index (χ2n) is 6.26. The summed E-state index contributed by atoms with van der Waals surface area (Å²) in [6.45, 7) is 4.81. The van der Waals surface area contributed by atoms with E-state index in [0.717, 1.165) is 25.9 Å². The van der Waals surface area contributed by atoms with Gasteiger partial charge in [-0.3, -0.25) is 4.79 Å². The summed E-state index contributed by atoms with van der Waals surface area (Å²) in [4.78, 5) is 12.9. The van der Waals surface area contributed by atoms with Crippen LogP contribution in [0, 0.1) is 0 Å². The minimum atomic E-state index is -0.0339. The number of carbonyl (C=O) groups is 1. The Morgan fingerprint density at radius 1 is 1.09 bits per heavy atom. The van der Waals surface area contributed by atoms with Crippen LogP contribution < -0.4 is 17.3 Å². The number of likely N-dealkylation sites (N-methyl/N-ethyl adjacent to an activating group) is 1. The smallest absolute Gasteiger partial charge is 0.327 e. The lowest BCUT2D eigenvalue weighted by molar-refractivity contribution is -0.814. The van der Waals surface area contributed by atoms with E-state index in [-0.39, 0.29) is 18.4 Å². The Kier molecular flexibility index (Phi) is 13.6. The largest absolute Gasteiger partial charge is 1.00 e. The Labute approximate surface area is 142 Å². The molecule has 0 aromatic rings. The van der Waals surface area contributed by atoms with E-state index in [1.54, 1.807) is 0 Å². The Morgan fingerprint density at radius 3 is 2.23 bits per heavy atom. The Hall–Kier alpha value is -0.610. The van der Waals surface area contributed by atoms with Gasteiger partial charge < -0.3 is 17.1 Å². The molecule has 1 rings (SSSR count). The van der Waals surface area contributed by atoms with Gasteiger partial charge in [0.25, 0.3) is 0 Å². The summed E-state index contributed by atoms with van der Waals surface area (Å²) in [5.74, 6) is -0.0339. The Bertz CT molecular complexity index is 322. The molecule has 0 spiro atoms. The van der Waals surface area contributed by atoms with Crippen molar-refractivity contribution in [3.63, 3.8) is 0 Å². The summed E-state index contributed by atoms with van der Waals surface area (Å²) >= 11 is 0. The molecule has 1 heterocycles. The van der Waals surface area contributed by atoms with Crippen molar-refractivity contribution in [2.75, 3.05) is 26.9 Å². The van der Waals surface area contributed by atoms with Gasteiger partial charge in [-0.25, -0.2) is 4.90 Å². The zero-order valence-corrected chi connectivity index (χ0v) is 15.2. The van der Waals surface area contributed by atoms with Gasteiger partial charge in [-0.2, -0.15) is 4.58 Å². The minimum Gasteiger partial charge on any atom is -1.00 e. The van der Waals surface area contributed by atoms with Crippen molar-refractivity contribution in [1.82, 2.24) is 0 Å². The van der Waals surface area contributed by atoms with Gasteiger partial charge in [0.2, 0.25) is 6.73 Å². The molecule has 22 heavy (non-hydrogen) atoms. The van der Waals surface area contributed by atoms with Crippen LogP contribution in [0.5, 0.6) is 0 Å². The first-order valence-electron chi connectivity index (χ1n) is 8.78. The SMILES string of the molecule is CCCCCCCCCCCC(=O)OC[NH+]1C=[N+](C)CC1.[Cl-]. The molecule has 1 N–H and O–H groups in total. The van der Waals surface area contributed by atoms with Crippen LogP contribution in [0.3, 0.4) is 0 Å². The number of halogens is 1. The highest BCUT2D eigenvalue weighted by Crippen LogP contribution is 2.10. The number of esters is 1. The highest BCUT2D eigenvalue weighted by molar-refractivity contribution is 5.69. The van der Waals surface area contributed by atoms with Crippen molar-refractivity contribution in [2.24, 2.45) is 0 Å². The quantitative estimate of drug-likeness (QED) is 0.282. The van der Waals surface area contributed by atoms with Gasteiger partial charge in [-0.1, -0.05) is 58.3 Å². The maximum Gasteiger partial charge on any atom is 0.327 e. The van der Waals surface area contributed by atoms with Gasteiger partial charge in [0.15, 0.2) is 6.54 Å². The normalized spacial score (nSPS) is 17.0. The molecular formula is C17H34ClN2O2+. The van der Waals surface area contributed by atoms with E-state index in [4.69, 9.17) is 4.74 Å². The summed E-state index contributed by atoms with van der Waals surface area (Å²) in [5.41, 5.74) is 0. The van der Waals surface area contributed by atoms with Gasteiger partial charge in [0.1, 0.15) is 13.6 Å². The third-order valence-corrected chi connectivity index (χ3v) is 4.09. The van der Waals surface area contributed by atoms with Crippen molar-refractivity contribution in [2.45, 2.75) is 71.1 Å². The topological polar surface area (TPSA) is 33.8 Å². The Balaban J connectivity index is 0.00000441. The fourth-order valence-electron chi connectivity index (χ4n) is 2.70. The molecule has 1 unspecified atom stereocenters. The zero-order chi connectivity index (χ0) is 15.3. The number of nitrogens with zero attached hydrogens (tertiary/aromatic N) is 1. The zero-order valence-electron chi connectivity index (χ0n) is 14.4. The van der Waals surface area contributed by atoms with Crippen LogP contribution in [0.25, 0.3) is 0 Å². The fraction of sp³-hybridized carbons (Fsp3) is 0.882. The first-order valence-corrected chi connectivity index (χ1v) is 8.78. The molecule has 1 aliphatic rings. The number of hydrogen-bond donors (Lipinski definition) is 1. The molecule has 1 aliphatic heterocycles. The van der Waals surface area contributed by atoms with E-state index < -0.39 is 0 Å². The molecule has 1 atom stereocenters. The van der Waals surface area contributed by atoms with Crippen LogP contribution in [-0.4, -0.2) is 43.8 Å². The molecule has 0 radical (unpaired) electrons. The second-order valence-corrected chi connectivity index (χ2v) is 6.26. The molecule has 0 aromatic carbocycles. The minimum absolute atomic E-state index is 0. The van der Waals surface area contributed by atoms with E-state index in [2.05, 4.69) is 24.9 Å². The third-order valence-electron chi connectivity index (χ3n) is 4.09. The van der Waals surface area contributed by atoms with E-state index in [1.165, 1.54) is 49.8 Å². The molecule has 5 heteroatoms. The van der Waals surface area contributed by atoms with Gasteiger partial charge >= 0.3 is 12.3 Å². The molecule has 130 valence electrons.